The zero-order valence-electron chi connectivity index (χ0n) is 13.5. The molecule has 0 radical (unpaired) electrons. The third kappa shape index (κ3) is 3.53. The number of hydrogen-bond donors (Lipinski definition) is 1. The molecule has 2 aromatic rings. The highest BCUT2D eigenvalue weighted by Gasteiger charge is 2.21. The molecule has 1 fully saturated rings. The first-order valence-corrected chi connectivity index (χ1v) is 7.85. The molecule has 6 heteroatoms. The van der Waals surface area contributed by atoms with Crippen molar-refractivity contribution in [3.63, 3.8) is 0 Å². The summed E-state index contributed by atoms with van der Waals surface area (Å²) in [6, 6.07) is 8.21. The molecule has 2 heterocycles. The Morgan fingerprint density at radius 2 is 2.13 bits per heavy atom. The molecule has 122 valence electrons. The number of benzene rings is 1. The topological polar surface area (TPSA) is 59.4 Å². The molecule has 6 nitrogen and oxygen atoms in total. The number of aromatic nitrogens is 2. The molecular formula is C17H22N4O2. The van der Waals surface area contributed by atoms with Crippen LogP contribution in [0.2, 0.25) is 0 Å². The Bertz CT molecular complexity index is 665. The predicted octanol–water partition coefficient (Wildman–Crippen LogP) is 1.59. The molecule has 0 spiro atoms. The Morgan fingerprint density at radius 3 is 2.87 bits per heavy atom. The molecule has 1 amide bonds. The third-order valence-electron chi connectivity index (χ3n) is 4.26. The maximum Gasteiger partial charge on any atom is 0.221 e. The Hall–Kier alpha value is -2.34. The second-order valence-corrected chi connectivity index (χ2v) is 5.79. The second-order valence-electron chi connectivity index (χ2n) is 5.79. The van der Waals surface area contributed by atoms with Crippen LogP contribution in [0.4, 0.5) is 0 Å². The molecule has 0 saturated carbocycles. The van der Waals surface area contributed by atoms with Gasteiger partial charge in [0.1, 0.15) is 11.6 Å². The van der Waals surface area contributed by atoms with Crippen LogP contribution in [-0.2, 0) is 11.3 Å². The lowest BCUT2D eigenvalue weighted by Gasteiger charge is -2.26. The summed E-state index contributed by atoms with van der Waals surface area (Å²) in [6.07, 6.45) is 4.31. The zero-order chi connectivity index (χ0) is 16.2. The van der Waals surface area contributed by atoms with E-state index in [1.165, 1.54) is 0 Å². The normalized spacial score (nSPS) is 19.2. The van der Waals surface area contributed by atoms with Crippen molar-refractivity contribution in [3.8, 4) is 11.4 Å². The van der Waals surface area contributed by atoms with Crippen LogP contribution in [0.25, 0.3) is 5.69 Å². The lowest BCUT2D eigenvalue weighted by atomic mass is 10.2. The highest BCUT2D eigenvalue weighted by Crippen LogP contribution is 2.18. The SMILES string of the molecule is COc1ccc(-n2ccnc2CN2CCC(=O)NC[C@H]2C)cc1. The van der Waals surface area contributed by atoms with Crippen LogP contribution >= 0.6 is 0 Å². The largest absolute Gasteiger partial charge is 0.497 e. The number of carbonyl (C=O) groups is 1. The number of ether oxygens (including phenoxy) is 1. The van der Waals surface area contributed by atoms with Gasteiger partial charge in [0.05, 0.1) is 13.7 Å². The van der Waals surface area contributed by atoms with E-state index in [0.29, 0.717) is 19.0 Å². The van der Waals surface area contributed by atoms with Crippen molar-refractivity contribution in [3.05, 3.63) is 42.5 Å². The van der Waals surface area contributed by atoms with E-state index in [1.54, 1.807) is 7.11 Å². The molecule has 1 aromatic heterocycles. The van der Waals surface area contributed by atoms with E-state index in [9.17, 15) is 4.79 Å². The number of methoxy groups -OCH3 is 1. The van der Waals surface area contributed by atoms with Crippen molar-refractivity contribution in [1.29, 1.82) is 0 Å². The minimum absolute atomic E-state index is 0.123. The molecule has 1 aliphatic rings. The Balaban J connectivity index is 1.78. The van der Waals surface area contributed by atoms with Crippen molar-refractivity contribution in [2.75, 3.05) is 20.2 Å². The fourth-order valence-corrected chi connectivity index (χ4v) is 2.79. The van der Waals surface area contributed by atoms with Gasteiger partial charge in [-0.2, -0.15) is 0 Å². The van der Waals surface area contributed by atoms with Crippen LogP contribution in [0.15, 0.2) is 36.7 Å². The number of imidazole rings is 1. The van der Waals surface area contributed by atoms with E-state index in [-0.39, 0.29) is 5.91 Å². The number of amides is 1. The number of nitrogens with zero attached hydrogens (tertiary/aromatic N) is 3. The first-order valence-electron chi connectivity index (χ1n) is 7.85. The van der Waals surface area contributed by atoms with Crippen LogP contribution in [-0.4, -0.2) is 46.6 Å². The zero-order valence-corrected chi connectivity index (χ0v) is 13.5. The van der Waals surface area contributed by atoms with Gasteiger partial charge in [-0.1, -0.05) is 0 Å². The highest BCUT2D eigenvalue weighted by atomic mass is 16.5. The number of rotatable bonds is 4. The van der Waals surface area contributed by atoms with Gasteiger partial charge in [0.2, 0.25) is 5.91 Å². The molecule has 23 heavy (non-hydrogen) atoms. The van der Waals surface area contributed by atoms with Gasteiger partial charge in [-0.05, 0) is 31.2 Å². The quantitative estimate of drug-likeness (QED) is 0.931. The summed E-state index contributed by atoms with van der Waals surface area (Å²) in [5.74, 6) is 1.93. The van der Waals surface area contributed by atoms with Crippen LogP contribution in [0, 0.1) is 0 Å². The van der Waals surface area contributed by atoms with Gasteiger partial charge in [0.15, 0.2) is 0 Å². The van der Waals surface area contributed by atoms with Gasteiger partial charge in [-0.15, -0.1) is 0 Å². The van der Waals surface area contributed by atoms with Gasteiger partial charge < -0.3 is 14.6 Å². The number of nitrogens with one attached hydrogen (secondary N) is 1. The van der Waals surface area contributed by atoms with Crippen LogP contribution in [0.1, 0.15) is 19.2 Å². The molecule has 0 bridgehead atoms. The Morgan fingerprint density at radius 1 is 1.35 bits per heavy atom. The van der Waals surface area contributed by atoms with Gasteiger partial charge in [-0.3, -0.25) is 9.69 Å². The summed E-state index contributed by atoms with van der Waals surface area (Å²) in [6.45, 7) is 4.28. The van der Waals surface area contributed by atoms with E-state index in [2.05, 4.69) is 26.7 Å². The monoisotopic (exact) mass is 314 g/mol. The van der Waals surface area contributed by atoms with Gasteiger partial charge >= 0.3 is 0 Å². The molecule has 1 aromatic carbocycles. The van der Waals surface area contributed by atoms with E-state index >= 15 is 0 Å². The van der Waals surface area contributed by atoms with Crippen LogP contribution in [0.3, 0.4) is 0 Å². The Labute approximate surface area is 136 Å². The van der Waals surface area contributed by atoms with Crippen LogP contribution in [0.5, 0.6) is 5.75 Å². The van der Waals surface area contributed by atoms with E-state index < -0.39 is 0 Å². The number of carbonyl (C=O) groups excluding carboxylic acids is 1. The molecule has 3 rings (SSSR count). The fourth-order valence-electron chi connectivity index (χ4n) is 2.79. The average Bonchev–Trinajstić information content (AvgIpc) is 2.98. The van der Waals surface area contributed by atoms with Gasteiger partial charge in [0.25, 0.3) is 0 Å². The van der Waals surface area contributed by atoms with Crippen molar-refractivity contribution < 1.29 is 9.53 Å². The fraction of sp³-hybridized carbons (Fsp3) is 0.412. The second kappa shape index (κ2) is 6.83. The minimum atomic E-state index is 0.123. The van der Waals surface area contributed by atoms with E-state index in [4.69, 9.17) is 4.74 Å². The summed E-state index contributed by atoms with van der Waals surface area (Å²) in [5, 5.41) is 2.94. The maximum absolute atomic E-state index is 11.6. The van der Waals surface area contributed by atoms with Gasteiger partial charge in [0, 0.05) is 43.6 Å². The van der Waals surface area contributed by atoms with Crippen molar-refractivity contribution in [2.24, 2.45) is 0 Å². The molecule has 1 saturated heterocycles. The average molecular weight is 314 g/mol. The van der Waals surface area contributed by atoms with Gasteiger partial charge in [-0.25, -0.2) is 4.98 Å². The summed E-state index contributed by atoms with van der Waals surface area (Å²) < 4.78 is 7.28. The highest BCUT2D eigenvalue weighted by molar-refractivity contribution is 5.76. The molecule has 0 unspecified atom stereocenters. The summed E-state index contributed by atoms with van der Waals surface area (Å²) in [5.41, 5.74) is 1.05. The van der Waals surface area contributed by atoms with Crippen molar-refractivity contribution >= 4 is 5.91 Å². The first kappa shape index (κ1) is 15.6. The smallest absolute Gasteiger partial charge is 0.221 e. The molecule has 1 N–H and O–H groups in total. The lowest BCUT2D eigenvalue weighted by molar-refractivity contribution is -0.120. The summed E-state index contributed by atoms with van der Waals surface area (Å²) in [4.78, 5) is 18.3. The molecule has 1 atom stereocenters. The van der Waals surface area contributed by atoms with Crippen LogP contribution < -0.4 is 10.1 Å². The molecule has 1 aliphatic heterocycles. The number of hydrogen-bond acceptors (Lipinski definition) is 4. The van der Waals surface area contributed by atoms with Crippen molar-refractivity contribution in [1.82, 2.24) is 19.8 Å². The maximum atomic E-state index is 11.6. The Kier molecular flexibility index (Phi) is 4.62. The van der Waals surface area contributed by atoms with Crippen molar-refractivity contribution in [2.45, 2.75) is 25.9 Å². The summed E-state index contributed by atoms with van der Waals surface area (Å²) >= 11 is 0. The predicted molar refractivity (Wildman–Crippen MR) is 87.6 cm³/mol. The molecule has 0 aliphatic carbocycles. The first-order chi connectivity index (χ1) is 11.2. The van der Waals surface area contributed by atoms with E-state index in [0.717, 1.165) is 30.4 Å². The lowest BCUT2D eigenvalue weighted by Crippen LogP contribution is -2.37. The molecular weight excluding hydrogens is 292 g/mol. The van der Waals surface area contributed by atoms with E-state index in [1.807, 2.05) is 36.7 Å². The minimum Gasteiger partial charge on any atom is -0.497 e. The standard InChI is InChI=1S/C17H22N4O2/c1-13-11-19-17(22)7-9-20(13)12-16-18-8-10-21(16)14-3-5-15(23-2)6-4-14/h3-6,8,10,13H,7,9,11-12H2,1-2H3,(H,19,22)/t13-/m1/s1. The summed E-state index contributed by atoms with van der Waals surface area (Å²) in [7, 11) is 1.66. The third-order valence-corrected chi connectivity index (χ3v) is 4.26.